The number of para-hydroxylation sites is 1. The minimum atomic E-state index is 0.577. The van der Waals surface area contributed by atoms with E-state index < -0.39 is 0 Å². The Morgan fingerprint density at radius 2 is 1.92 bits per heavy atom. The first kappa shape index (κ1) is 17.2. The second kappa shape index (κ2) is 7.57. The van der Waals surface area contributed by atoms with Crippen LogP contribution >= 0.6 is 34.7 Å². The Bertz CT molecular complexity index is 1030. The lowest BCUT2D eigenvalue weighted by molar-refractivity contribution is 0.709. The molecule has 4 aromatic rings. The maximum Gasteiger partial charge on any atom is 0.238 e. The summed E-state index contributed by atoms with van der Waals surface area (Å²) >= 11 is 8.91. The molecule has 4 rings (SSSR count). The molecule has 0 fully saturated rings. The number of hydrogen-bond acceptors (Lipinski definition) is 6. The third-order valence-corrected chi connectivity index (χ3v) is 5.82. The van der Waals surface area contributed by atoms with Gasteiger partial charge in [-0.2, -0.15) is 0 Å². The first-order chi connectivity index (χ1) is 12.7. The van der Waals surface area contributed by atoms with Crippen molar-refractivity contribution >= 4 is 34.7 Å². The number of tetrazole rings is 1. The van der Waals surface area contributed by atoms with Crippen molar-refractivity contribution in [2.75, 3.05) is 0 Å². The third kappa shape index (κ3) is 3.65. The van der Waals surface area contributed by atoms with Crippen LogP contribution in [0, 0.1) is 0 Å². The van der Waals surface area contributed by atoms with E-state index in [0.29, 0.717) is 10.2 Å². The Kier molecular flexibility index (Phi) is 5.01. The lowest BCUT2D eigenvalue weighted by Crippen LogP contribution is -2.02. The topological polar surface area (TPSA) is 56.5 Å². The van der Waals surface area contributed by atoms with Gasteiger partial charge in [-0.05, 0) is 47.2 Å². The third-order valence-electron chi connectivity index (χ3n) is 3.78. The van der Waals surface area contributed by atoms with Gasteiger partial charge in [-0.3, -0.25) is 0 Å². The monoisotopic (exact) mass is 399 g/mol. The molecule has 0 amide bonds. The lowest BCUT2D eigenvalue weighted by Gasteiger charge is -2.04. The molecular formula is C18H14ClN5S2. The molecule has 0 atom stereocenters. The van der Waals surface area contributed by atoms with Gasteiger partial charge >= 0.3 is 0 Å². The van der Waals surface area contributed by atoms with Gasteiger partial charge in [0.2, 0.25) is 5.16 Å². The fourth-order valence-electron chi connectivity index (χ4n) is 2.48. The standard InChI is InChI=1S/C18H14ClN5S2/c1-2-12-5-3-4-6-16(12)24-22-17(21-23-24)26-18-20-15(11-25-18)13-7-9-14(19)10-8-13/h3-11H,2H2,1H3. The predicted octanol–water partition coefficient (Wildman–Crippen LogP) is 5.15. The maximum absolute atomic E-state index is 5.94. The van der Waals surface area contributed by atoms with Crippen LogP contribution in [0.1, 0.15) is 12.5 Å². The number of aromatic nitrogens is 5. The smallest absolute Gasteiger partial charge is 0.229 e. The van der Waals surface area contributed by atoms with Crippen LogP contribution in [0.2, 0.25) is 5.02 Å². The van der Waals surface area contributed by atoms with Crippen LogP contribution in [0.4, 0.5) is 0 Å². The largest absolute Gasteiger partial charge is 0.238 e. The first-order valence-electron chi connectivity index (χ1n) is 8.00. The number of aryl methyl sites for hydroxylation is 1. The summed E-state index contributed by atoms with van der Waals surface area (Å²) in [6.45, 7) is 2.11. The fraction of sp³-hybridized carbons (Fsp3) is 0.111. The highest BCUT2D eigenvalue weighted by Crippen LogP contribution is 2.31. The Balaban J connectivity index is 1.54. The Morgan fingerprint density at radius 3 is 2.73 bits per heavy atom. The van der Waals surface area contributed by atoms with E-state index in [1.807, 2.05) is 47.8 Å². The van der Waals surface area contributed by atoms with Crippen LogP contribution in [0.15, 0.2) is 63.4 Å². The molecular weight excluding hydrogens is 386 g/mol. The van der Waals surface area contributed by atoms with E-state index in [0.717, 1.165) is 27.7 Å². The average molecular weight is 400 g/mol. The van der Waals surface area contributed by atoms with Crippen molar-refractivity contribution in [3.05, 3.63) is 64.5 Å². The zero-order valence-electron chi connectivity index (χ0n) is 13.8. The fourth-order valence-corrected chi connectivity index (χ4v) is 4.22. The minimum absolute atomic E-state index is 0.577. The molecule has 8 heteroatoms. The predicted molar refractivity (Wildman–Crippen MR) is 105 cm³/mol. The zero-order valence-corrected chi connectivity index (χ0v) is 16.2. The summed E-state index contributed by atoms with van der Waals surface area (Å²) in [6.07, 6.45) is 0.914. The minimum Gasteiger partial charge on any atom is -0.229 e. The van der Waals surface area contributed by atoms with E-state index >= 15 is 0 Å². The van der Waals surface area contributed by atoms with Crippen LogP contribution in [-0.4, -0.2) is 25.2 Å². The summed E-state index contributed by atoms with van der Waals surface area (Å²) in [5.41, 5.74) is 4.08. The van der Waals surface area contributed by atoms with Crippen LogP contribution in [-0.2, 0) is 6.42 Å². The van der Waals surface area contributed by atoms with E-state index in [2.05, 4.69) is 33.4 Å². The van der Waals surface area contributed by atoms with Crippen molar-refractivity contribution in [2.45, 2.75) is 22.8 Å². The van der Waals surface area contributed by atoms with E-state index in [1.54, 1.807) is 16.1 Å². The highest BCUT2D eigenvalue weighted by atomic mass is 35.5. The van der Waals surface area contributed by atoms with Gasteiger partial charge in [-0.15, -0.1) is 26.3 Å². The van der Waals surface area contributed by atoms with Gasteiger partial charge in [-0.25, -0.2) is 4.98 Å². The second-order valence-electron chi connectivity index (χ2n) is 5.45. The summed E-state index contributed by atoms with van der Waals surface area (Å²) in [5.74, 6) is 0. The quantitative estimate of drug-likeness (QED) is 0.464. The molecule has 2 aromatic heterocycles. The van der Waals surface area contributed by atoms with Gasteiger partial charge in [0.05, 0.1) is 11.4 Å². The van der Waals surface area contributed by atoms with E-state index in [1.165, 1.54) is 17.3 Å². The van der Waals surface area contributed by atoms with Gasteiger partial charge in [0.15, 0.2) is 4.34 Å². The molecule has 26 heavy (non-hydrogen) atoms. The number of hydrogen-bond donors (Lipinski definition) is 0. The van der Waals surface area contributed by atoms with Crippen LogP contribution in [0.5, 0.6) is 0 Å². The van der Waals surface area contributed by atoms with Crippen LogP contribution in [0.25, 0.3) is 16.9 Å². The highest BCUT2D eigenvalue weighted by molar-refractivity contribution is 8.00. The van der Waals surface area contributed by atoms with E-state index in [9.17, 15) is 0 Å². The van der Waals surface area contributed by atoms with Crippen molar-refractivity contribution in [3.8, 4) is 16.9 Å². The van der Waals surface area contributed by atoms with E-state index in [-0.39, 0.29) is 0 Å². The SMILES string of the molecule is CCc1ccccc1-n1nnc(Sc2nc(-c3ccc(Cl)cc3)cs2)n1. The maximum atomic E-state index is 5.94. The highest BCUT2D eigenvalue weighted by Gasteiger charge is 2.12. The van der Waals surface area contributed by atoms with Crippen molar-refractivity contribution in [2.24, 2.45) is 0 Å². The Labute approximate surface area is 164 Å². The normalized spacial score (nSPS) is 11.0. The van der Waals surface area contributed by atoms with Crippen LogP contribution < -0.4 is 0 Å². The molecule has 0 spiro atoms. The van der Waals surface area contributed by atoms with Crippen LogP contribution in [0.3, 0.4) is 0 Å². The molecule has 0 saturated carbocycles. The summed E-state index contributed by atoms with van der Waals surface area (Å²) < 4.78 is 0.873. The number of benzene rings is 2. The molecule has 2 heterocycles. The van der Waals surface area contributed by atoms with Crippen molar-refractivity contribution in [1.82, 2.24) is 25.2 Å². The van der Waals surface area contributed by atoms with Gasteiger partial charge < -0.3 is 0 Å². The first-order valence-corrected chi connectivity index (χ1v) is 10.1. The molecule has 0 aliphatic rings. The van der Waals surface area contributed by atoms with Gasteiger partial charge in [0.1, 0.15) is 0 Å². The summed E-state index contributed by atoms with van der Waals surface area (Å²) in [4.78, 5) is 6.22. The molecule has 0 bridgehead atoms. The molecule has 130 valence electrons. The molecule has 2 aromatic carbocycles. The molecule has 0 aliphatic carbocycles. The zero-order chi connectivity index (χ0) is 17.9. The summed E-state index contributed by atoms with van der Waals surface area (Å²) in [5, 5.41) is 16.1. The molecule has 5 nitrogen and oxygen atoms in total. The molecule has 0 unspecified atom stereocenters. The van der Waals surface area contributed by atoms with Crippen molar-refractivity contribution in [3.63, 3.8) is 0 Å². The van der Waals surface area contributed by atoms with Gasteiger partial charge in [0, 0.05) is 16.0 Å². The number of rotatable bonds is 5. The summed E-state index contributed by atoms with van der Waals surface area (Å²) in [7, 11) is 0. The van der Waals surface area contributed by atoms with Crippen molar-refractivity contribution in [1.29, 1.82) is 0 Å². The number of thiazole rings is 1. The second-order valence-corrected chi connectivity index (χ2v) is 7.96. The number of nitrogens with zero attached hydrogens (tertiary/aromatic N) is 5. The average Bonchev–Trinajstić information content (AvgIpc) is 3.32. The Hall–Kier alpha value is -2.22. The molecule has 0 aliphatic heterocycles. The summed E-state index contributed by atoms with van der Waals surface area (Å²) in [6, 6.07) is 15.7. The van der Waals surface area contributed by atoms with Gasteiger partial charge in [-0.1, -0.05) is 48.9 Å². The Morgan fingerprint density at radius 1 is 1.12 bits per heavy atom. The number of halogens is 1. The molecule has 0 N–H and O–H groups in total. The lowest BCUT2D eigenvalue weighted by atomic mass is 10.1. The van der Waals surface area contributed by atoms with E-state index in [4.69, 9.17) is 11.6 Å². The van der Waals surface area contributed by atoms with Gasteiger partial charge in [0.25, 0.3) is 0 Å². The molecule has 0 saturated heterocycles. The molecule has 0 radical (unpaired) electrons. The van der Waals surface area contributed by atoms with Crippen molar-refractivity contribution < 1.29 is 0 Å².